The van der Waals surface area contributed by atoms with Crippen LogP contribution in [-0.2, 0) is 6.18 Å². The molecule has 0 saturated heterocycles. The first kappa shape index (κ1) is 14.7. The number of hydrogen-bond donors (Lipinski definition) is 1. The van der Waals surface area contributed by atoms with Crippen molar-refractivity contribution >= 4 is 28.1 Å². The number of halogens is 4. The van der Waals surface area contributed by atoms with Gasteiger partial charge in [-0.25, -0.2) is 4.98 Å². The van der Waals surface area contributed by atoms with Gasteiger partial charge in [-0.3, -0.25) is 0 Å². The van der Waals surface area contributed by atoms with E-state index in [0.717, 1.165) is 35.1 Å². The van der Waals surface area contributed by atoms with Crippen LogP contribution in [0, 0.1) is 4.64 Å². The molecule has 1 aliphatic rings. The van der Waals surface area contributed by atoms with E-state index in [1.54, 1.807) is 6.07 Å². The van der Waals surface area contributed by atoms with Gasteiger partial charge in [0.05, 0.1) is 10.0 Å². The predicted octanol–water partition coefficient (Wildman–Crippen LogP) is 5.46. The molecule has 7 heteroatoms. The monoisotopic (exact) mass is 374 g/mol. The summed E-state index contributed by atoms with van der Waals surface area (Å²) in [4.78, 5) is 7.30. The fourth-order valence-electron chi connectivity index (χ4n) is 2.11. The summed E-state index contributed by atoms with van der Waals surface area (Å²) in [5, 5.41) is 0. The number of nitrogens with zero attached hydrogens (tertiary/aromatic N) is 1. The fraction of sp³-hybridized carbons (Fsp3) is 0.286. The minimum atomic E-state index is -4.37. The van der Waals surface area contributed by atoms with Gasteiger partial charge in [0, 0.05) is 17.2 Å². The first-order valence-electron chi connectivity index (χ1n) is 6.33. The maximum absolute atomic E-state index is 12.8. The van der Waals surface area contributed by atoms with Gasteiger partial charge >= 0.3 is 6.18 Å². The van der Waals surface area contributed by atoms with E-state index in [4.69, 9.17) is 12.2 Å². The van der Waals surface area contributed by atoms with Crippen LogP contribution < -0.4 is 0 Å². The van der Waals surface area contributed by atoms with Gasteiger partial charge in [-0.05, 0) is 40.9 Å². The molecule has 0 unspecified atom stereocenters. The van der Waals surface area contributed by atoms with Crippen molar-refractivity contribution in [2.24, 2.45) is 0 Å². The molecule has 0 spiro atoms. The third-order valence-corrected chi connectivity index (χ3v) is 4.70. The molecule has 21 heavy (non-hydrogen) atoms. The molecule has 110 valence electrons. The van der Waals surface area contributed by atoms with Crippen LogP contribution in [0.5, 0.6) is 0 Å². The Labute approximate surface area is 132 Å². The van der Waals surface area contributed by atoms with Gasteiger partial charge in [0.15, 0.2) is 0 Å². The largest absolute Gasteiger partial charge is 0.416 e. The number of aromatic nitrogens is 2. The zero-order valence-electron chi connectivity index (χ0n) is 10.7. The van der Waals surface area contributed by atoms with Gasteiger partial charge in [-0.1, -0.05) is 24.4 Å². The second-order valence-corrected chi connectivity index (χ2v) is 6.15. The quantitative estimate of drug-likeness (QED) is 0.706. The molecule has 1 fully saturated rings. The Morgan fingerprint density at radius 3 is 2.62 bits per heavy atom. The zero-order chi connectivity index (χ0) is 15.2. The molecule has 1 heterocycles. The molecular weight excluding hydrogens is 365 g/mol. The molecule has 0 radical (unpaired) electrons. The van der Waals surface area contributed by atoms with Crippen LogP contribution in [0.1, 0.15) is 30.0 Å². The molecule has 0 atom stereocenters. The van der Waals surface area contributed by atoms with E-state index in [-0.39, 0.29) is 0 Å². The number of hydrogen-bond acceptors (Lipinski definition) is 2. The van der Waals surface area contributed by atoms with E-state index in [1.807, 2.05) is 0 Å². The number of alkyl halides is 3. The minimum Gasteiger partial charge on any atom is -0.342 e. The smallest absolute Gasteiger partial charge is 0.342 e. The van der Waals surface area contributed by atoms with Crippen molar-refractivity contribution in [3.63, 3.8) is 0 Å². The molecule has 0 bridgehead atoms. The number of rotatable bonds is 2. The molecule has 2 nitrogen and oxygen atoms in total. The summed E-state index contributed by atoms with van der Waals surface area (Å²) in [5.74, 6) is 0.754. The van der Waals surface area contributed by atoms with E-state index < -0.39 is 11.7 Å². The first-order valence-corrected chi connectivity index (χ1v) is 7.54. The Morgan fingerprint density at radius 2 is 2.00 bits per heavy atom. The normalized spacial score (nSPS) is 15.2. The summed E-state index contributed by atoms with van der Waals surface area (Å²) in [7, 11) is 0. The molecule has 0 aliphatic heterocycles. The second kappa shape index (κ2) is 5.21. The van der Waals surface area contributed by atoms with Crippen LogP contribution in [0.2, 0.25) is 0 Å². The summed E-state index contributed by atoms with van der Waals surface area (Å²) >= 11 is 8.58. The van der Waals surface area contributed by atoms with Gasteiger partial charge in [0.2, 0.25) is 0 Å². The molecule has 1 aliphatic carbocycles. The third-order valence-electron chi connectivity index (χ3n) is 3.34. The standard InChI is InChI=1S/C14H10BrF3N2S/c15-10-11(7-4-5-7)19-12(20-13(10)21)8-2-1-3-9(6-8)14(16,17)18/h1-3,6-7H,4-5H2,(H,19,20,21). The van der Waals surface area contributed by atoms with Crippen LogP contribution in [0.25, 0.3) is 11.4 Å². The highest BCUT2D eigenvalue weighted by atomic mass is 79.9. The third kappa shape index (κ3) is 3.03. The number of H-pyrrole nitrogens is 1. The average Bonchev–Trinajstić information content (AvgIpc) is 3.25. The molecule has 2 aromatic rings. The number of benzene rings is 1. The SMILES string of the molecule is FC(F)(F)c1cccc(-c2nc(=S)c(Br)c(C3CC3)[nH]2)c1. The maximum Gasteiger partial charge on any atom is 0.416 e. The summed E-state index contributed by atoms with van der Waals surface area (Å²) in [6, 6.07) is 5.08. The second-order valence-electron chi connectivity index (χ2n) is 4.97. The molecule has 0 amide bonds. The Balaban J connectivity index is 2.11. The van der Waals surface area contributed by atoms with Crippen molar-refractivity contribution in [3.05, 3.63) is 44.6 Å². The van der Waals surface area contributed by atoms with Crippen LogP contribution in [0.3, 0.4) is 0 Å². The highest BCUT2D eigenvalue weighted by molar-refractivity contribution is 9.10. The number of nitrogens with one attached hydrogen (secondary N) is 1. The Kier molecular flexibility index (Phi) is 3.65. The van der Waals surface area contributed by atoms with Crippen LogP contribution in [0.15, 0.2) is 28.7 Å². The molecule has 1 N–H and O–H groups in total. The lowest BCUT2D eigenvalue weighted by molar-refractivity contribution is -0.137. The zero-order valence-corrected chi connectivity index (χ0v) is 13.1. The maximum atomic E-state index is 12.8. The summed E-state index contributed by atoms with van der Waals surface area (Å²) in [6.45, 7) is 0. The van der Waals surface area contributed by atoms with Crippen molar-refractivity contribution in [3.8, 4) is 11.4 Å². The van der Waals surface area contributed by atoms with Crippen molar-refractivity contribution in [1.29, 1.82) is 0 Å². The van der Waals surface area contributed by atoms with Gasteiger partial charge in [-0.15, -0.1) is 0 Å². The van der Waals surface area contributed by atoms with Crippen molar-refractivity contribution in [2.45, 2.75) is 24.9 Å². The first-order chi connectivity index (χ1) is 9.86. The highest BCUT2D eigenvalue weighted by Gasteiger charge is 2.31. The lowest BCUT2D eigenvalue weighted by Crippen LogP contribution is -2.05. The van der Waals surface area contributed by atoms with Crippen molar-refractivity contribution in [2.75, 3.05) is 0 Å². The summed E-state index contributed by atoms with van der Waals surface area (Å²) < 4.78 is 39.5. The molecule has 1 saturated carbocycles. The molecule has 1 aromatic carbocycles. The lowest BCUT2D eigenvalue weighted by Gasteiger charge is -2.10. The van der Waals surface area contributed by atoms with Gasteiger partial charge < -0.3 is 4.98 Å². The van der Waals surface area contributed by atoms with Crippen LogP contribution in [0.4, 0.5) is 13.2 Å². The van der Waals surface area contributed by atoms with Gasteiger partial charge in [-0.2, -0.15) is 13.2 Å². The van der Waals surface area contributed by atoms with Crippen molar-refractivity contribution in [1.82, 2.24) is 9.97 Å². The van der Waals surface area contributed by atoms with Crippen LogP contribution in [-0.4, -0.2) is 9.97 Å². The highest BCUT2D eigenvalue weighted by Crippen LogP contribution is 2.43. The van der Waals surface area contributed by atoms with E-state index >= 15 is 0 Å². The van der Waals surface area contributed by atoms with Crippen molar-refractivity contribution < 1.29 is 13.2 Å². The molecular formula is C14H10BrF3N2S. The molecule has 1 aromatic heterocycles. The molecule has 3 rings (SSSR count). The lowest BCUT2D eigenvalue weighted by atomic mass is 10.1. The Morgan fingerprint density at radius 1 is 1.29 bits per heavy atom. The van der Waals surface area contributed by atoms with E-state index in [9.17, 15) is 13.2 Å². The average molecular weight is 375 g/mol. The van der Waals surface area contributed by atoms with E-state index in [1.165, 1.54) is 6.07 Å². The topological polar surface area (TPSA) is 28.7 Å². The minimum absolute atomic E-state index is 0.364. The number of aromatic amines is 1. The van der Waals surface area contributed by atoms with Gasteiger partial charge in [0.1, 0.15) is 10.5 Å². The van der Waals surface area contributed by atoms with E-state index in [0.29, 0.717) is 21.9 Å². The van der Waals surface area contributed by atoms with E-state index in [2.05, 4.69) is 25.9 Å². The van der Waals surface area contributed by atoms with Gasteiger partial charge in [0.25, 0.3) is 0 Å². The fourth-order valence-corrected chi connectivity index (χ4v) is 2.82. The Hall–Kier alpha value is -1.21. The van der Waals surface area contributed by atoms with Crippen LogP contribution >= 0.6 is 28.1 Å². The Bertz CT molecular complexity index is 751. The summed E-state index contributed by atoms with van der Waals surface area (Å²) in [6.07, 6.45) is -2.27. The summed E-state index contributed by atoms with van der Waals surface area (Å²) in [5.41, 5.74) is 0.602. The predicted molar refractivity (Wildman–Crippen MR) is 79.5 cm³/mol.